The predicted molar refractivity (Wildman–Crippen MR) is 119 cm³/mol. The van der Waals surface area contributed by atoms with Crippen molar-refractivity contribution in [2.24, 2.45) is 13.0 Å². The fraction of sp³-hybridized carbons (Fsp3) is 0.375. The summed E-state index contributed by atoms with van der Waals surface area (Å²) < 4.78 is 1.88. The fourth-order valence-electron chi connectivity index (χ4n) is 4.81. The van der Waals surface area contributed by atoms with E-state index in [1.165, 1.54) is 5.56 Å². The van der Waals surface area contributed by atoms with Gasteiger partial charge in [-0.2, -0.15) is 0 Å². The van der Waals surface area contributed by atoms with Crippen molar-refractivity contribution in [1.29, 1.82) is 0 Å². The second kappa shape index (κ2) is 8.15. The molecule has 160 valence electrons. The highest BCUT2D eigenvalue weighted by Gasteiger charge is 2.32. The van der Waals surface area contributed by atoms with Crippen LogP contribution in [-0.4, -0.2) is 45.2 Å². The molecule has 1 saturated heterocycles. The van der Waals surface area contributed by atoms with E-state index in [1.54, 1.807) is 12.4 Å². The van der Waals surface area contributed by atoms with Gasteiger partial charge >= 0.3 is 0 Å². The lowest BCUT2D eigenvalue weighted by molar-refractivity contribution is 0.0823. The summed E-state index contributed by atoms with van der Waals surface area (Å²) in [6.07, 6.45) is 7.28. The minimum absolute atomic E-state index is 0.00298. The maximum atomic E-state index is 13.4. The van der Waals surface area contributed by atoms with E-state index >= 15 is 0 Å². The number of piperidine rings is 1. The summed E-state index contributed by atoms with van der Waals surface area (Å²) in [5.41, 5.74) is 2.85. The number of carbonyl (C=O) groups is 1. The standard InChI is InChI=1S/C24H27N5O2/c1-27-16-12-26-23(27)21(30)18-8-13-28(14-9-18)22-19(6-4-11-25-22)24(31)29-15-10-17-5-2-3-7-20(17)29/h2-7,11-12,16,18,21,30H,8-10,13-15H2,1H3. The molecule has 5 rings (SSSR count). The number of benzene rings is 1. The Kier molecular flexibility index (Phi) is 5.19. The first-order chi connectivity index (χ1) is 15.1. The Labute approximate surface area is 182 Å². The number of hydrogen-bond donors (Lipinski definition) is 1. The average Bonchev–Trinajstić information content (AvgIpc) is 3.44. The van der Waals surface area contributed by atoms with Gasteiger partial charge < -0.3 is 19.5 Å². The van der Waals surface area contributed by atoms with E-state index in [1.807, 2.05) is 53.0 Å². The van der Waals surface area contributed by atoms with Crippen LogP contribution >= 0.6 is 0 Å². The lowest BCUT2D eigenvalue weighted by Gasteiger charge is -2.35. The molecule has 1 unspecified atom stereocenters. The normalized spacial score (nSPS) is 17.6. The van der Waals surface area contributed by atoms with Gasteiger partial charge in [0, 0.05) is 51.0 Å². The molecule has 7 nitrogen and oxygen atoms in total. The van der Waals surface area contributed by atoms with Gasteiger partial charge in [0.25, 0.3) is 5.91 Å². The van der Waals surface area contributed by atoms with Crippen LogP contribution < -0.4 is 9.80 Å². The Balaban J connectivity index is 1.33. The molecule has 1 aromatic carbocycles. The fourth-order valence-corrected chi connectivity index (χ4v) is 4.81. The molecule has 1 N–H and O–H groups in total. The molecule has 2 aliphatic rings. The third kappa shape index (κ3) is 3.59. The third-order valence-electron chi connectivity index (χ3n) is 6.56. The van der Waals surface area contributed by atoms with Crippen LogP contribution in [0.5, 0.6) is 0 Å². The molecule has 4 heterocycles. The number of anilines is 2. The van der Waals surface area contributed by atoms with Crippen LogP contribution in [0.25, 0.3) is 0 Å². The minimum atomic E-state index is -0.576. The second-order valence-electron chi connectivity index (χ2n) is 8.38. The van der Waals surface area contributed by atoms with Gasteiger partial charge in [-0.25, -0.2) is 9.97 Å². The van der Waals surface area contributed by atoms with Gasteiger partial charge in [-0.15, -0.1) is 0 Å². The second-order valence-corrected chi connectivity index (χ2v) is 8.38. The van der Waals surface area contributed by atoms with Crippen LogP contribution in [-0.2, 0) is 13.5 Å². The van der Waals surface area contributed by atoms with Gasteiger partial charge in [0.15, 0.2) is 0 Å². The number of aliphatic hydroxyl groups is 1. The summed E-state index contributed by atoms with van der Waals surface area (Å²) in [5, 5.41) is 10.8. The molecule has 0 spiro atoms. The summed E-state index contributed by atoms with van der Waals surface area (Å²) in [7, 11) is 1.91. The predicted octanol–water partition coefficient (Wildman–Crippen LogP) is 2.97. The minimum Gasteiger partial charge on any atom is -0.385 e. The Bertz CT molecular complexity index is 1090. The van der Waals surface area contributed by atoms with Crippen molar-refractivity contribution in [2.75, 3.05) is 29.4 Å². The first kappa shape index (κ1) is 19.8. The maximum absolute atomic E-state index is 13.4. The van der Waals surface area contributed by atoms with Crippen molar-refractivity contribution < 1.29 is 9.90 Å². The number of hydrogen-bond acceptors (Lipinski definition) is 5. The molecule has 0 radical (unpaired) electrons. The van der Waals surface area contributed by atoms with E-state index in [0.717, 1.165) is 43.9 Å². The zero-order valence-electron chi connectivity index (χ0n) is 17.7. The van der Waals surface area contributed by atoms with Crippen LogP contribution in [0.4, 0.5) is 11.5 Å². The Morgan fingerprint density at radius 2 is 1.87 bits per heavy atom. The van der Waals surface area contributed by atoms with Gasteiger partial charge in [-0.05, 0) is 48.9 Å². The molecule has 1 amide bonds. The van der Waals surface area contributed by atoms with Crippen molar-refractivity contribution in [1.82, 2.24) is 14.5 Å². The number of fused-ring (bicyclic) bond motifs is 1. The largest absolute Gasteiger partial charge is 0.385 e. The molecular weight excluding hydrogens is 390 g/mol. The van der Waals surface area contributed by atoms with Crippen LogP contribution in [0.15, 0.2) is 55.0 Å². The molecule has 2 aromatic heterocycles. The number of para-hydroxylation sites is 1. The number of aryl methyl sites for hydroxylation is 1. The van der Waals surface area contributed by atoms with E-state index in [9.17, 15) is 9.90 Å². The average molecular weight is 418 g/mol. The number of nitrogens with zero attached hydrogens (tertiary/aromatic N) is 5. The smallest absolute Gasteiger partial charge is 0.262 e. The van der Waals surface area contributed by atoms with E-state index in [-0.39, 0.29) is 11.8 Å². The van der Waals surface area contributed by atoms with Crippen LogP contribution in [0.1, 0.15) is 40.7 Å². The highest BCUT2D eigenvalue weighted by molar-refractivity contribution is 6.10. The van der Waals surface area contributed by atoms with E-state index < -0.39 is 6.10 Å². The number of rotatable bonds is 4. The molecule has 1 atom stereocenters. The molecule has 7 heteroatoms. The highest BCUT2D eigenvalue weighted by atomic mass is 16.3. The summed E-state index contributed by atoms with van der Waals surface area (Å²) in [5.74, 6) is 1.59. The van der Waals surface area contributed by atoms with Crippen molar-refractivity contribution >= 4 is 17.4 Å². The van der Waals surface area contributed by atoms with Crippen LogP contribution in [0.3, 0.4) is 0 Å². The van der Waals surface area contributed by atoms with Crippen molar-refractivity contribution in [3.05, 3.63) is 71.9 Å². The molecule has 0 aliphatic carbocycles. The van der Waals surface area contributed by atoms with E-state index in [2.05, 4.69) is 20.9 Å². The Morgan fingerprint density at radius 1 is 1.06 bits per heavy atom. The molecule has 1 fully saturated rings. The molecule has 0 saturated carbocycles. The Morgan fingerprint density at radius 3 is 2.65 bits per heavy atom. The van der Waals surface area contributed by atoms with Crippen molar-refractivity contribution in [2.45, 2.75) is 25.4 Å². The van der Waals surface area contributed by atoms with Gasteiger partial charge in [0.2, 0.25) is 0 Å². The third-order valence-corrected chi connectivity index (χ3v) is 6.56. The SMILES string of the molecule is Cn1ccnc1C(O)C1CCN(c2ncccc2C(=O)N2CCc3ccccc32)CC1. The number of carbonyl (C=O) groups excluding carboxylic acids is 1. The molecule has 0 bridgehead atoms. The van der Waals surface area contributed by atoms with Gasteiger partial charge in [0.1, 0.15) is 17.7 Å². The van der Waals surface area contributed by atoms with Crippen molar-refractivity contribution in [3.63, 3.8) is 0 Å². The monoisotopic (exact) mass is 417 g/mol. The first-order valence-corrected chi connectivity index (χ1v) is 10.9. The molecular formula is C24H27N5O2. The molecule has 31 heavy (non-hydrogen) atoms. The zero-order valence-corrected chi connectivity index (χ0v) is 17.7. The molecule has 2 aliphatic heterocycles. The lowest BCUT2D eigenvalue weighted by atomic mass is 9.90. The lowest BCUT2D eigenvalue weighted by Crippen LogP contribution is -2.38. The summed E-state index contributed by atoms with van der Waals surface area (Å²) in [6, 6.07) is 11.8. The summed E-state index contributed by atoms with van der Waals surface area (Å²) in [6.45, 7) is 2.20. The molecule has 3 aromatic rings. The van der Waals surface area contributed by atoms with E-state index in [0.29, 0.717) is 17.9 Å². The highest BCUT2D eigenvalue weighted by Crippen LogP contribution is 2.34. The van der Waals surface area contributed by atoms with Crippen LogP contribution in [0, 0.1) is 5.92 Å². The number of pyridine rings is 1. The van der Waals surface area contributed by atoms with Crippen molar-refractivity contribution in [3.8, 4) is 0 Å². The number of amides is 1. The maximum Gasteiger partial charge on any atom is 0.262 e. The number of imidazole rings is 1. The summed E-state index contributed by atoms with van der Waals surface area (Å²) in [4.78, 5) is 26.4. The van der Waals surface area contributed by atoms with Crippen LogP contribution in [0.2, 0.25) is 0 Å². The van der Waals surface area contributed by atoms with E-state index in [4.69, 9.17) is 0 Å². The van der Waals surface area contributed by atoms with Gasteiger partial charge in [-0.3, -0.25) is 4.79 Å². The Hall–Kier alpha value is -3.19. The number of aliphatic hydroxyl groups excluding tert-OH is 1. The zero-order chi connectivity index (χ0) is 21.4. The first-order valence-electron chi connectivity index (χ1n) is 10.9. The summed E-state index contributed by atoms with van der Waals surface area (Å²) >= 11 is 0. The number of aromatic nitrogens is 3. The quantitative estimate of drug-likeness (QED) is 0.707. The topological polar surface area (TPSA) is 74.5 Å². The van der Waals surface area contributed by atoms with Gasteiger partial charge in [0.05, 0.1) is 5.56 Å². The van der Waals surface area contributed by atoms with Gasteiger partial charge in [-0.1, -0.05) is 18.2 Å².